The predicted molar refractivity (Wildman–Crippen MR) is 79.9 cm³/mol. The number of hydrogen-bond donors (Lipinski definition) is 0. The third kappa shape index (κ3) is 2.66. The summed E-state index contributed by atoms with van der Waals surface area (Å²) in [6.45, 7) is 1.04. The molecule has 2 aromatic rings. The van der Waals surface area contributed by atoms with E-state index in [-0.39, 0.29) is 0 Å². The highest BCUT2D eigenvalue weighted by atomic mass is 35.5. The summed E-state index contributed by atoms with van der Waals surface area (Å²) in [6, 6.07) is 8.62. The fourth-order valence-corrected chi connectivity index (χ4v) is 3.04. The maximum Gasteiger partial charge on any atom is 0.226 e. The number of halogens is 1. The summed E-state index contributed by atoms with van der Waals surface area (Å²) in [4.78, 5) is 11.6. The lowest BCUT2D eigenvalue weighted by molar-refractivity contribution is 0.445. The van der Waals surface area contributed by atoms with Crippen molar-refractivity contribution in [2.75, 3.05) is 17.3 Å². The van der Waals surface area contributed by atoms with Gasteiger partial charge in [0.05, 0.1) is 5.52 Å². The average molecular weight is 276 g/mol. The molecule has 1 fully saturated rings. The van der Waals surface area contributed by atoms with Crippen molar-refractivity contribution in [1.82, 2.24) is 9.97 Å². The summed E-state index contributed by atoms with van der Waals surface area (Å²) in [6.07, 6.45) is 6.63. The third-order valence-corrected chi connectivity index (χ3v) is 4.02. The van der Waals surface area contributed by atoms with Gasteiger partial charge in [0.15, 0.2) is 0 Å². The Morgan fingerprint density at radius 1 is 1.26 bits per heavy atom. The summed E-state index contributed by atoms with van der Waals surface area (Å²) >= 11 is 5.92. The van der Waals surface area contributed by atoms with E-state index in [1.807, 2.05) is 30.5 Å². The van der Waals surface area contributed by atoms with Gasteiger partial charge in [-0.15, -0.1) is 11.6 Å². The maximum atomic E-state index is 5.92. The smallest absolute Gasteiger partial charge is 0.226 e. The minimum absolute atomic E-state index is 0.493. The Morgan fingerprint density at radius 2 is 2.16 bits per heavy atom. The van der Waals surface area contributed by atoms with Crippen molar-refractivity contribution < 1.29 is 0 Å². The molecular formula is C15H18ClN3. The van der Waals surface area contributed by atoms with Crippen LogP contribution in [0.1, 0.15) is 25.7 Å². The lowest BCUT2D eigenvalue weighted by Gasteiger charge is -2.35. The van der Waals surface area contributed by atoms with Gasteiger partial charge in [-0.2, -0.15) is 0 Å². The number of anilines is 1. The van der Waals surface area contributed by atoms with E-state index in [2.05, 4.69) is 9.88 Å². The Balaban J connectivity index is 1.92. The number of piperidine rings is 1. The molecule has 0 saturated carbocycles. The van der Waals surface area contributed by atoms with Crippen molar-refractivity contribution in [3.8, 4) is 0 Å². The summed E-state index contributed by atoms with van der Waals surface area (Å²) in [5, 5.41) is 1.09. The Kier molecular flexibility index (Phi) is 3.83. The van der Waals surface area contributed by atoms with Crippen LogP contribution >= 0.6 is 11.6 Å². The van der Waals surface area contributed by atoms with E-state index < -0.39 is 0 Å². The molecule has 0 amide bonds. The molecule has 1 unspecified atom stereocenters. The van der Waals surface area contributed by atoms with Gasteiger partial charge in [-0.25, -0.2) is 9.97 Å². The number of hydrogen-bond acceptors (Lipinski definition) is 3. The van der Waals surface area contributed by atoms with Crippen LogP contribution in [0, 0.1) is 0 Å². The predicted octanol–water partition coefficient (Wildman–Crippen LogP) is 3.62. The van der Waals surface area contributed by atoms with Crippen LogP contribution in [0.15, 0.2) is 30.5 Å². The molecule has 3 rings (SSSR count). The van der Waals surface area contributed by atoms with Crippen molar-refractivity contribution in [3.63, 3.8) is 0 Å². The molecule has 0 aliphatic carbocycles. The second kappa shape index (κ2) is 5.74. The number of rotatable bonds is 3. The van der Waals surface area contributed by atoms with E-state index in [9.17, 15) is 0 Å². The van der Waals surface area contributed by atoms with E-state index in [4.69, 9.17) is 16.6 Å². The van der Waals surface area contributed by atoms with Gasteiger partial charge in [-0.1, -0.05) is 18.2 Å². The third-order valence-electron chi connectivity index (χ3n) is 3.80. The second-order valence-electron chi connectivity index (χ2n) is 5.05. The van der Waals surface area contributed by atoms with Gasteiger partial charge in [0, 0.05) is 30.0 Å². The molecule has 0 radical (unpaired) electrons. The van der Waals surface area contributed by atoms with Gasteiger partial charge in [0.1, 0.15) is 0 Å². The van der Waals surface area contributed by atoms with Crippen LogP contribution < -0.4 is 4.90 Å². The number of alkyl halides is 1. The van der Waals surface area contributed by atoms with Crippen molar-refractivity contribution in [2.45, 2.75) is 31.7 Å². The normalized spacial score (nSPS) is 19.8. The van der Waals surface area contributed by atoms with Crippen LogP contribution in [-0.2, 0) is 0 Å². The van der Waals surface area contributed by atoms with Crippen molar-refractivity contribution in [3.05, 3.63) is 30.5 Å². The van der Waals surface area contributed by atoms with Crippen LogP contribution in [0.5, 0.6) is 0 Å². The first-order valence-corrected chi connectivity index (χ1v) is 7.46. The lowest BCUT2D eigenvalue weighted by atomic mass is 10.0. The van der Waals surface area contributed by atoms with Crippen LogP contribution in [0.4, 0.5) is 5.95 Å². The van der Waals surface area contributed by atoms with E-state index in [1.54, 1.807) is 0 Å². The maximum absolute atomic E-state index is 5.92. The first-order chi connectivity index (χ1) is 9.38. The quantitative estimate of drug-likeness (QED) is 0.801. The molecule has 0 spiro atoms. The van der Waals surface area contributed by atoms with E-state index in [0.717, 1.165) is 29.8 Å². The number of fused-ring (bicyclic) bond motifs is 1. The van der Waals surface area contributed by atoms with Crippen LogP contribution in [0.3, 0.4) is 0 Å². The monoisotopic (exact) mass is 275 g/mol. The number of para-hydroxylation sites is 1. The second-order valence-corrected chi connectivity index (χ2v) is 5.43. The number of nitrogens with zero attached hydrogens (tertiary/aromatic N) is 3. The Bertz CT molecular complexity index is 556. The highest BCUT2D eigenvalue weighted by Gasteiger charge is 2.24. The average Bonchev–Trinajstić information content (AvgIpc) is 2.48. The summed E-state index contributed by atoms with van der Waals surface area (Å²) in [5.74, 6) is 1.56. The summed E-state index contributed by atoms with van der Waals surface area (Å²) in [5.41, 5.74) is 1.02. The van der Waals surface area contributed by atoms with Gasteiger partial charge in [0.25, 0.3) is 0 Å². The first-order valence-electron chi connectivity index (χ1n) is 6.93. The molecule has 100 valence electrons. The summed E-state index contributed by atoms with van der Waals surface area (Å²) < 4.78 is 0. The zero-order valence-corrected chi connectivity index (χ0v) is 11.7. The van der Waals surface area contributed by atoms with Crippen LogP contribution in [0.2, 0.25) is 0 Å². The molecule has 3 nitrogen and oxygen atoms in total. The van der Waals surface area contributed by atoms with Gasteiger partial charge < -0.3 is 4.90 Å². The molecule has 1 saturated heterocycles. The molecule has 19 heavy (non-hydrogen) atoms. The number of benzene rings is 1. The fraction of sp³-hybridized carbons (Fsp3) is 0.467. The molecule has 0 N–H and O–H groups in total. The van der Waals surface area contributed by atoms with Crippen LogP contribution in [0.25, 0.3) is 10.9 Å². The molecule has 1 aliphatic rings. The van der Waals surface area contributed by atoms with Gasteiger partial charge >= 0.3 is 0 Å². The molecule has 4 heteroatoms. The molecule has 0 bridgehead atoms. The topological polar surface area (TPSA) is 29.0 Å². The highest BCUT2D eigenvalue weighted by Crippen LogP contribution is 2.25. The van der Waals surface area contributed by atoms with E-state index in [1.165, 1.54) is 19.3 Å². The lowest BCUT2D eigenvalue weighted by Crippen LogP contribution is -2.40. The molecule has 2 heterocycles. The zero-order valence-electron chi connectivity index (χ0n) is 10.9. The first kappa shape index (κ1) is 12.7. The summed E-state index contributed by atoms with van der Waals surface area (Å²) in [7, 11) is 0. The SMILES string of the molecule is ClCCC1CCCCN1c1ncc2ccccc2n1. The minimum Gasteiger partial charge on any atom is -0.338 e. The highest BCUT2D eigenvalue weighted by molar-refractivity contribution is 6.17. The molecule has 1 atom stereocenters. The van der Waals surface area contributed by atoms with Gasteiger partial charge in [-0.3, -0.25) is 0 Å². The van der Waals surface area contributed by atoms with Crippen LogP contribution in [-0.4, -0.2) is 28.4 Å². The Hall–Kier alpha value is -1.35. The number of aromatic nitrogens is 2. The Morgan fingerprint density at radius 3 is 3.05 bits per heavy atom. The van der Waals surface area contributed by atoms with E-state index >= 15 is 0 Å². The minimum atomic E-state index is 0.493. The van der Waals surface area contributed by atoms with Gasteiger partial charge in [0.2, 0.25) is 5.95 Å². The Labute approximate surface area is 118 Å². The van der Waals surface area contributed by atoms with Crippen molar-refractivity contribution in [1.29, 1.82) is 0 Å². The zero-order chi connectivity index (χ0) is 13.1. The van der Waals surface area contributed by atoms with Crippen molar-refractivity contribution in [2.24, 2.45) is 0 Å². The standard InChI is InChI=1S/C15H18ClN3/c16-9-8-13-6-3-4-10-19(13)15-17-11-12-5-1-2-7-14(12)18-15/h1-2,5,7,11,13H,3-4,6,8-10H2. The fourth-order valence-electron chi connectivity index (χ4n) is 2.79. The van der Waals surface area contributed by atoms with Crippen molar-refractivity contribution >= 4 is 28.5 Å². The largest absolute Gasteiger partial charge is 0.338 e. The molecule has 1 aromatic heterocycles. The molecular weight excluding hydrogens is 258 g/mol. The molecule has 1 aromatic carbocycles. The van der Waals surface area contributed by atoms with E-state index in [0.29, 0.717) is 11.9 Å². The molecule has 1 aliphatic heterocycles. The van der Waals surface area contributed by atoms with Gasteiger partial charge in [-0.05, 0) is 31.7 Å².